The van der Waals surface area contributed by atoms with Gasteiger partial charge in [0, 0.05) is 6.54 Å². The Morgan fingerprint density at radius 1 is 1.47 bits per heavy atom. The second-order valence-electron chi connectivity index (χ2n) is 4.96. The van der Waals surface area contributed by atoms with Gasteiger partial charge in [-0.2, -0.15) is 0 Å². The molecular weight excluding hydrogens is 214 g/mol. The molecule has 1 N–H and O–H groups in total. The Kier molecular flexibility index (Phi) is 3.20. The monoisotopic (exact) mass is 233 g/mol. The summed E-state index contributed by atoms with van der Waals surface area (Å²) < 4.78 is 4.85. The first-order chi connectivity index (χ1) is 8.07. The van der Waals surface area contributed by atoms with Crippen LogP contribution in [0.25, 0.3) is 0 Å². The summed E-state index contributed by atoms with van der Waals surface area (Å²) in [6, 6.07) is 8.35. The van der Waals surface area contributed by atoms with Crippen molar-refractivity contribution in [3.05, 3.63) is 35.4 Å². The highest BCUT2D eigenvalue weighted by atomic mass is 16.5. The number of ether oxygens (including phenoxy) is 1. The van der Waals surface area contributed by atoms with E-state index in [9.17, 15) is 4.79 Å². The molecule has 1 saturated heterocycles. The fourth-order valence-corrected chi connectivity index (χ4v) is 2.63. The molecule has 1 aliphatic heterocycles. The molecule has 0 aromatic heterocycles. The molecule has 1 aromatic rings. The van der Waals surface area contributed by atoms with Gasteiger partial charge in [-0.15, -0.1) is 0 Å². The van der Waals surface area contributed by atoms with Gasteiger partial charge < -0.3 is 10.1 Å². The van der Waals surface area contributed by atoms with Crippen molar-refractivity contribution >= 4 is 5.97 Å². The molecule has 17 heavy (non-hydrogen) atoms. The van der Waals surface area contributed by atoms with Crippen LogP contribution in [0.5, 0.6) is 0 Å². The Hall–Kier alpha value is -1.35. The second kappa shape index (κ2) is 4.49. The van der Waals surface area contributed by atoms with Gasteiger partial charge >= 0.3 is 5.97 Å². The van der Waals surface area contributed by atoms with Crippen molar-refractivity contribution < 1.29 is 9.53 Å². The van der Waals surface area contributed by atoms with Crippen LogP contribution in [0.15, 0.2) is 24.3 Å². The highest BCUT2D eigenvalue weighted by Gasteiger charge is 2.42. The van der Waals surface area contributed by atoms with Crippen LogP contribution in [0.4, 0.5) is 0 Å². The molecule has 0 spiro atoms. The summed E-state index contributed by atoms with van der Waals surface area (Å²) in [5.41, 5.74) is 2.07. The van der Waals surface area contributed by atoms with Gasteiger partial charge in [0.1, 0.15) is 5.54 Å². The standard InChI is InChI=1S/C14H19NO2/c1-10-6-4-5-7-12(10)11-8-14(2,15-9-11)13(16)17-3/h4-7,11,15H,8-9H2,1-3H3. The van der Waals surface area contributed by atoms with Gasteiger partial charge in [0.2, 0.25) is 0 Å². The molecule has 0 saturated carbocycles. The maximum Gasteiger partial charge on any atom is 0.325 e. The van der Waals surface area contributed by atoms with Crippen molar-refractivity contribution in [3.63, 3.8) is 0 Å². The minimum atomic E-state index is -0.540. The molecule has 1 fully saturated rings. The van der Waals surface area contributed by atoms with E-state index in [1.54, 1.807) is 0 Å². The van der Waals surface area contributed by atoms with E-state index in [1.807, 2.05) is 13.0 Å². The van der Waals surface area contributed by atoms with E-state index in [2.05, 4.69) is 30.4 Å². The van der Waals surface area contributed by atoms with Crippen LogP contribution in [0, 0.1) is 6.92 Å². The Morgan fingerprint density at radius 2 is 2.18 bits per heavy atom. The zero-order valence-corrected chi connectivity index (χ0v) is 10.6. The van der Waals surface area contributed by atoms with Crippen LogP contribution in [-0.4, -0.2) is 25.2 Å². The van der Waals surface area contributed by atoms with Gasteiger partial charge in [-0.3, -0.25) is 4.79 Å². The van der Waals surface area contributed by atoms with E-state index in [4.69, 9.17) is 4.74 Å². The normalized spacial score (nSPS) is 28.1. The van der Waals surface area contributed by atoms with Crippen molar-refractivity contribution in [1.29, 1.82) is 0 Å². The predicted octanol–water partition coefficient (Wildman–Crippen LogP) is 2.00. The van der Waals surface area contributed by atoms with Gasteiger partial charge in [-0.05, 0) is 37.3 Å². The zero-order valence-electron chi connectivity index (χ0n) is 10.6. The molecular formula is C14H19NO2. The average Bonchev–Trinajstić information content (AvgIpc) is 2.72. The minimum absolute atomic E-state index is 0.173. The Bertz CT molecular complexity index is 430. The Morgan fingerprint density at radius 3 is 2.82 bits per heavy atom. The minimum Gasteiger partial charge on any atom is -0.468 e. The number of hydrogen-bond donors (Lipinski definition) is 1. The van der Waals surface area contributed by atoms with Crippen molar-refractivity contribution in [2.75, 3.05) is 13.7 Å². The van der Waals surface area contributed by atoms with E-state index < -0.39 is 5.54 Å². The lowest BCUT2D eigenvalue weighted by Crippen LogP contribution is -2.45. The second-order valence-corrected chi connectivity index (χ2v) is 4.96. The topological polar surface area (TPSA) is 38.3 Å². The molecule has 0 amide bonds. The number of hydrogen-bond acceptors (Lipinski definition) is 3. The molecule has 92 valence electrons. The molecule has 0 bridgehead atoms. The summed E-state index contributed by atoms with van der Waals surface area (Å²) >= 11 is 0. The van der Waals surface area contributed by atoms with E-state index in [-0.39, 0.29) is 5.97 Å². The molecule has 3 heteroatoms. The lowest BCUT2D eigenvalue weighted by Gasteiger charge is -2.21. The largest absolute Gasteiger partial charge is 0.468 e. The van der Waals surface area contributed by atoms with Crippen LogP contribution in [0.1, 0.15) is 30.4 Å². The molecule has 2 atom stereocenters. The van der Waals surface area contributed by atoms with Crippen LogP contribution in [-0.2, 0) is 9.53 Å². The first kappa shape index (κ1) is 12.1. The molecule has 0 aliphatic carbocycles. The fraction of sp³-hybridized carbons (Fsp3) is 0.500. The predicted molar refractivity (Wildman–Crippen MR) is 67.0 cm³/mol. The third-order valence-corrected chi connectivity index (χ3v) is 3.66. The number of aryl methyl sites for hydroxylation is 1. The number of nitrogens with one attached hydrogen (secondary N) is 1. The van der Waals surface area contributed by atoms with Gasteiger partial charge in [0.25, 0.3) is 0 Å². The summed E-state index contributed by atoms with van der Waals surface area (Å²) in [5.74, 6) is 0.217. The molecule has 2 unspecified atom stereocenters. The quantitative estimate of drug-likeness (QED) is 0.794. The summed E-state index contributed by atoms with van der Waals surface area (Å²) in [5, 5.41) is 3.28. The fourth-order valence-electron chi connectivity index (χ4n) is 2.63. The zero-order chi connectivity index (χ0) is 12.5. The third kappa shape index (κ3) is 2.20. The molecule has 1 aliphatic rings. The number of benzene rings is 1. The van der Waals surface area contributed by atoms with Crippen LogP contribution < -0.4 is 5.32 Å². The van der Waals surface area contributed by atoms with Gasteiger partial charge in [-0.1, -0.05) is 24.3 Å². The summed E-state index contributed by atoms with van der Waals surface area (Å²) in [6.45, 7) is 4.86. The maximum atomic E-state index is 11.7. The van der Waals surface area contributed by atoms with Crippen LogP contribution in [0.2, 0.25) is 0 Å². The lowest BCUT2D eigenvalue weighted by atomic mass is 9.88. The smallest absolute Gasteiger partial charge is 0.325 e. The molecule has 1 heterocycles. The van der Waals surface area contributed by atoms with Crippen LogP contribution >= 0.6 is 0 Å². The van der Waals surface area contributed by atoms with Crippen molar-refractivity contribution in [3.8, 4) is 0 Å². The number of rotatable bonds is 2. The summed E-state index contributed by atoms with van der Waals surface area (Å²) in [6.07, 6.45) is 0.796. The first-order valence-corrected chi connectivity index (χ1v) is 5.96. The van der Waals surface area contributed by atoms with Gasteiger partial charge in [-0.25, -0.2) is 0 Å². The van der Waals surface area contributed by atoms with Gasteiger partial charge in [0.15, 0.2) is 0 Å². The van der Waals surface area contributed by atoms with Gasteiger partial charge in [0.05, 0.1) is 7.11 Å². The van der Waals surface area contributed by atoms with Crippen molar-refractivity contribution in [2.24, 2.45) is 0 Å². The van der Waals surface area contributed by atoms with Crippen LogP contribution in [0.3, 0.4) is 0 Å². The highest BCUT2D eigenvalue weighted by Crippen LogP contribution is 2.33. The van der Waals surface area contributed by atoms with E-state index in [0.717, 1.165) is 13.0 Å². The number of carbonyl (C=O) groups is 1. The average molecular weight is 233 g/mol. The number of methoxy groups -OCH3 is 1. The SMILES string of the molecule is COC(=O)C1(C)CC(c2ccccc2C)CN1. The molecule has 2 rings (SSSR count). The molecule has 3 nitrogen and oxygen atoms in total. The third-order valence-electron chi connectivity index (χ3n) is 3.66. The lowest BCUT2D eigenvalue weighted by molar-refractivity contribution is -0.147. The van der Waals surface area contributed by atoms with E-state index in [1.165, 1.54) is 18.2 Å². The summed E-state index contributed by atoms with van der Waals surface area (Å²) in [4.78, 5) is 11.7. The number of carbonyl (C=O) groups excluding carboxylic acids is 1. The molecule has 1 aromatic carbocycles. The first-order valence-electron chi connectivity index (χ1n) is 5.96. The number of esters is 1. The summed E-state index contributed by atoms with van der Waals surface area (Å²) in [7, 11) is 1.44. The Balaban J connectivity index is 2.18. The maximum absolute atomic E-state index is 11.7. The van der Waals surface area contributed by atoms with E-state index >= 15 is 0 Å². The van der Waals surface area contributed by atoms with Crippen molar-refractivity contribution in [1.82, 2.24) is 5.32 Å². The highest BCUT2D eigenvalue weighted by molar-refractivity contribution is 5.81. The molecule has 0 radical (unpaired) electrons. The van der Waals surface area contributed by atoms with E-state index in [0.29, 0.717) is 5.92 Å². The Labute approximate surface area is 102 Å². The van der Waals surface area contributed by atoms with Crippen molar-refractivity contribution in [2.45, 2.75) is 31.7 Å².